The highest BCUT2D eigenvalue weighted by Gasteiger charge is 2.21. The van der Waals surface area contributed by atoms with E-state index in [9.17, 15) is 19.1 Å². The number of benzene rings is 2. The number of fused-ring (bicyclic) bond motifs is 1. The summed E-state index contributed by atoms with van der Waals surface area (Å²) in [6, 6.07) is 11.6. The molecule has 3 N–H and O–H groups in total. The molecule has 1 atom stereocenters. The van der Waals surface area contributed by atoms with Crippen molar-refractivity contribution in [3.63, 3.8) is 0 Å². The van der Waals surface area contributed by atoms with Gasteiger partial charge in [-0.1, -0.05) is 24.3 Å². The first-order valence-electron chi connectivity index (χ1n) is 8.22. The Labute approximate surface area is 154 Å². The van der Waals surface area contributed by atoms with Crippen LogP contribution in [-0.4, -0.2) is 39.5 Å². The Balaban J connectivity index is 1.63. The third-order valence-corrected chi connectivity index (χ3v) is 3.87. The number of para-hydroxylation sites is 2. The lowest BCUT2D eigenvalue weighted by atomic mass is 10.2. The molecular weight excluding hydrogens is 351 g/mol. The van der Waals surface area contributed by atoms with Gasteiger partial charge in [-0.25, -0.2) is 9.37 Å². The summed E-state index contributed by atoms with van der Waals surface area (Å²) in [6.07, 6.45) is 1.31. The number of nitrogens with zero attached hydrogens (tertiary/aromatic N) is 2. The maximum atomic E-state index is 12.9. The summed E-state index contributed by atoms with van der Waals surface area (Å²) in [7, 11) is 0. The van der Waals surface area contributed by atoms with Gasteiger partial charge in [0.25, 0.3) is 5.91 Å². The van der Waals surface area contributed by atoms with Gasteiger partial charge in [0.05, 0.1) is 23.8 Å². The Kier molecular flexibility index (Phi) is 5.68. The van der Waals surface area contributed by atoms with E-state index in [1.807, 2.05) is 6.07 Å². The molecule has 138 valence electrons. The van der Waals surface area contributed by atoms with Crippen molar-refractivity contribution in [2.45, 2.75) is 12.6 Å². The molecule has 1 aromatic heterocycles. The normalized spacial score (nSPS) is 11.8. The number of carbonyl (C=O) groups is 2. The van der Waals surface area contributed by atoms with Crippen molar-refractivity contribution in [1.82, 2.24) is 20.6 Å². The number of nitrogens with one attached hydrogen (secondary N) is 2. The smallest absolute Gasteiger partial charge is 0.272 e. The molecule has 0 radical (unpaired) electrons. The lowest BCUT2D eigenvalue weighted by Crippen LogP contribution is -2.48. The average Bonchev–Trinajstić information content (AvgIpc) is 2.70. The van der Waals surface area contributed by atoms with E-state index >= 15 is 0 Å². The lowest BCUT2D eigenvalue weighted by molar-refractivity contribution is -0.124. The maximum Gasteiger partial charge on any atom is 0.272 e. The van der Waals surface area contributed by atoms with E-state index in [4.69, 9.17) is 0 Å². The number of aromatic nitrogens is 2. The van der Waals surface area contributed by atoms with Crippen molar-refractivity contribution in [2.24, 2.45) is 0 Å². The van der Waals surface area contributed by atoms with Crippen LogP contribution in [0.25, 0.3) is 11.0 Å². The molecule has 0 spiro atoms. The number of aliphatic hydroxyl groups excluding tert-OH is 1. The molecule has 0 saturated heterocycles. The second-order valence-electron chi connectivity index (χ2n) is 5.80. The summed E-state index contributed by atoms with van der Waals surface area (Å²) in [5.74, 6) is -1.56. The molecule has 0 unspecified atom stereocenters. The highest BCUT2D eigenvalue weighted by Crippen LogP contribution is 2.08. The monoisotopic (exact) mass is 368 g/mol. The largest absolute Gasteiger partial charge is 0.394 e. The fourth-order valence-electron chi connectivity index (χ4n) is 2.41. The third-order valence-electron chi connectivity index (χ3n) is 3.87. The molecule has 0 aliphatic rings. The van der Waals surface area contributed by atoms with Crippen LogP contribution in [0.15, 0.2) is 54.7 Å². The Hall–Kier alpha value is -3.39. The number of amides is 2. The van der Waals surface area contributed by atoms with Crippen LogP contribution in [0.1, 0.15) is 16.1 Å². The van der Waals surface area contributed by atoms with Crippen LogP contribution in [0.5, 0.6) is 0 Å². The van der Waals surface area contributed by atoms with Crippen molar-refractivity contribution >= 4 is 22.8 Å². The second-order valence-corrected chi connectivity index (χ2v) is 5.80. The summed E-state index contributed by atoms with van der Waals surface area (Å²) < 4.78 is 12.9. The zero-order valence-corrected chi connectivity index (χ0v) is 14.2. The van der Waals surface area contributed by atoms with Crippen molar-refractivity contribution in [3.05, 3.63) is 71.8 Å². The number of aliphatic hydroxyl groups is 1. The zero-order chi connectivity index (χ0) is 19.2. The second kappa shape index (κ2) is 8.33. The fourth-order valence-corrected chi connectivity index (χ4v) is 2.41. The van der Waals surface area contributed by atoms with Crippen LogP contribution in [0.3, 0.4) is 0 Å². The third kappa shape index (κ3) is 4.62. The van der Waals surface area contributed by atoms with Gasteiger partial charge in [-0.15, -0.1) is 0 Å². The minimum absolute atomic E-state index is 0.0403. The lowest BCUT2D eigenvalue weighted by Gasteiger charge is -2.16. The first-order chi connectivity index (χ1) is 13.1. The molecule has 3 rings (SSSR count). The number of halogens is 1. The molecular formula is C19H17FN4O3. The highest BCUT2D eigenvalue weighted by molar-refractivity contribution is 5.97. The molecule has 0 fully saturated rings. The molecule has 2 amide bonds. The minimum atomic E-state index is -1.15. The van der Waals surface area contributed by atoms with E-state index in [1.54, 1.807) is 18.2 Å². The predicted octanol–water partition coefficient (Wildman–Crippen LogP) is 1.18. The SMILES string of the molecule is O=C(N[C@@H](CO)C(=O)NCc1ccc(F)cc1)c1cnc2ccccc2n1. The van der Waals surface area contributed by atoms with Gasteiger partial charge < -0.3 is 15.7 Å². The van der Waals surface area contributed by atoms with Gasteiger partial charge >= 0.3 is 0 Å². The van der Waals surface area contributed by atoms with E-state index in [2.05, 4.69) is 20.6 Å². The van der Waals surface area contributed by atoms with Gasteiger partial charge in [0, 0.05) is 6.54 Å². The molecule has 0 bridgehead atoms. The van der Waals surface area contributed by atoms with Gasteiger partial charge in [-0.3, -0.25) is 14.6 Å². The molecule has 0 aliphatic heterocycles. The predicted molar refractivity (Wildman–Crippen MR) is 96.1 cm³/mol. The summed E-state index contributed by atoms with van der Waals surface area (Å²) in [5, 5.41) is 14.4. The molecule has 27 heavy (non-hydrogen) atoms. The first kappa shape index (κ1) is 18.4. The zero-order valence-electron chi connectivity index (χ0n) is 14.2. The molecule has 7 nitrogen and oxygen atoms in total. The van der Waals surface area contributed by atoms with Crippen LogP contribution in [-0.2, 0) is 11.3 Å². The van der Waals surface area contributed by atoms with E-state index in [0.29, 0.717) is 16.6 Å². The number of rotatable bonds is 6. The first-order valence-corrected chi connectivity index (χ1v) is 8.22. The van der Waals surface area contributed by atoms with E-state index in [0.717, 1.165) is 0 Å². The van der Waals surface area contributed by atoms with Crippen LogP contribution in [0.4, 0.5) is 4.39 Å². The van der Waals surface area contributed by atoms with Gasteiger partial charge in [0.2, 0.25) is 5.91 Å². The Morgan fingerprint density at radius 2 is 1.78 bits per heavy atom. The van der Waals surface area contributed by atoms with Crippen molar-refractivity contribution in [3.8, 4) is 0 Å². The van der Waals surface area contributed by atoms with E-state index < -0.39 is 24.5 Å². The van der Waals surface area contributed by atoms with Gasteiger partial charge in [-0.2, -0.15) is 0 Å². The van der Waals surface area contributed by atoms with Crippen LogP contribution < -0.4 is 10.6 Å². The molecule has 0 aliphatic carbocycles. The summed E-state index contributed by atoms with van der Waals surface area (Å²) in [6.45, 7) is -0.441. The van der Waals surface area contributed by atoms with Gasteiger partial charge in [0.1, 0.15) is 17.6 Å². The fraction of sp³-hybridized carbons (Fsp3) is 0.158. The Morgan fingerprint density at radius 3 is 2.48 bits per heavy atom. The quantitative estimate of drug-likeness (QED) is 0.606. The van der Waals surface area contributed by atoms with Gasteiger partial charge in [-0.05, 0) is 29.8 Å². The van der Waals surface area contributed by atoms with Crippen LogP contribution in [0, 0.1) is 5.82 Å². The van der Waals surface area contributed by atoms with Crippen LogP contribution in [0.2, 0.25) is 0 Å². The number of hydrogen-bond donors (Lipinski definition) is 3. The molecule has 8 heteroatoms. The number of hydrogen-bond acceptors (Lipinski definition) is 5. The van der Waals surface area contributed by atoms with Crippen molar-refractivity contribution in [2.75, 3.05) is 6.61 Å². The summed E-state index contributed by atoms with van der Waals surface area (Å²) in [4.78, 5) is 32.9. The van der Waals surface area contributed by atoms with Gasteiger partial charge in [0.15, 0.2) is 0 Å². The number of carbonyl (C=O) groups excluding carboxylic acids is 2. The topological polar surface area (TPSA) is 104 Å². The molecule has 2 aromatic carbocycles. The van der Waals surface area contributed by atoms with E-state index in [-0.39, 0.29) is 18.1 Å². The highest BCUT2D eigenvalue weighted by atomic mass is 19.1. The maximum absolute atomic E-state index is 12.9. The summed E-state index contributed by atoms with van der Waals surface area (Å²) in [5.41, 5.74) is 1.92. The van der Waals surface area contributed by atoms with E-state index in [1.165, 1.54) is 30.5 Å². The molecule has 0 saturated carbocycles. The van der Waals surface area contributed by atoms with Crippen LogP contribution >= 0.6 is 0 Å². The van der Waals surface area contributed by atoms with Crippen molar-refractivity contribution < 1.29 is 19.1 Å². The molecule has 3 aromatic rings. The minimum Gasteiger partial charge on any atom is -0.394 e. The Bertz CT molecular complexity index is 963. The molecule has 1 heterocycles. The van der Waals surface area contributed by atoms with Crippen molar-refractivity contribution in [1.29, 1.82) is 0 Å². The standard InChI is InChI=1S/C19H17FN4O3/c20-13-7-5-12(6-8-13)9-22-18(26)17(11-25)24-19(27)16-10-21-14-3-1-2-4-15(14)23-16/h1-8,10,17,25H,9,11H2,(H,22,26)(H,24,27)/t17-/m0/s1. The Morgan fingerprint density at radius 1 is 1.07 bits per heavy atom. The summed E-state index contributed by atoms with van der Waals surface area (Å²) >= 11 is 0. The average molecular weight is 368 g/mol.